The number of likely N-dealkylation sites (N-methyl/N-ethyl adjacent to an activating group) is 1. The molecule has 0 aliphatic rings. The van der Waals surface area contributed by atoms with Gasteiger partial charge in [0.25, 0.3) is 0 Å². The van der Waals surface area contributed by atoms with Crippen LogP contribution in [-0.2, 0) is 9.53 Å². The summed E-state index contributed by atoms with van der Waals surface area (Å²) in [6, 6.07) is 5.71. The number of rotatable bonds is 8. The highest BCUT2D eigenvalue weighted by atomic mass is 16.5. The molecule has 0 aliphatic carbocycles. The average Bonchev–Trinajstić information content (AvgIpc) is 2.48. The van der Waals surface area contributed by atoms with Gasteiger partial charge in [-0.3, -0.25) is 9.69 Å². The molecule has 23 heavy (non-hydrogen) atoms. The fourth-order valence-electron chi connectivity index (χ4n) is 2.51. The van der Waals surface area contributed by atoms with Gasteiger partial charge in [-0.25, -0.2) is 0 Å². The van der Waals surface area contributed by atoms with Crippen LogP contribution in [0.15, 0.2) is 18.2 Å². The number of methoxy groups -OCH3 is 1. The standard InChI is InChI=1S/C18H30N2O3/c1-12(2)16-9-7-8-13(3)17(16)19-18(22)14(4)20(5)10-15(21)11-23-6/h7-9,12,14-15,21H,10-11H2,1-6H3,(H,19,22). The van der Waals surface area contributed by atoms with E-state index in [0.717, 1.165) is 16.8 Å². The number of aliphatic hydroxyl groups is 1. The number of para-hydroxylation sites is 1. The Morgan fingerprint density at radius 2 is 2.00 bits per heavy atom. The van der Waals surface area contributed by atoms with E-state index in [2.05, 4.69) is 19.2 Å². The molecular weight excluding hydrogens is 292 g/mol. The van der Waals surface area contributed by atoms with E-state index in [9.17, 15) is 9.90 Å². The molecule has 2 atom stereocenters. The summed E-state index contributed by atoms with van der Waals surface area (Å²) < 4.78 is 4.92. The number of hydrogen-bond acceptors (Lipinski definition) is 4. The van der Waals surface area contributed by atoms with Gasteiger partial charge in [0.05, 0.1) is 18.8 Å². The molecule has 0 saturated carbocycles. The maximum Gasteiger partial charge on any atom is 0.241 e. The van der Waals surface area contributed by atoms with Crippen LogP contribution in [0, 0.1) is 6.92 Å². The molecule has 2 unspecified atom stereocenters. The molecule has 1 rings (SSSR count). The molecule has 0 heterocycles. The van der Waals surface area contributed by atoms with Gasteiger partial charge in [0, 0.05) is 19.3 Å². The molecule has 130 valence electrons. The van der Waals surface area contributed by atoms with Crippen LogP contribution >= 0.6 is 0 Å². The van der Waals surface area contributed by atoms with E-state index in [1.165, 1.54) is 0 Å². The maximum atomic E-state index is 12.6. The molecular formula is C18H30N2O3. The minimum Gasteiger partial charge on any atom is -0.389 e. The van der Waals surface area contributed by atoms with Crippen molar-refractivity contribution in [2.24, 2.45) is 0 Å². The zero-order valence-corrected chi connectivity index (χ0v) is 15.1. The van der Waals surface area contributed by atoms with E-state index in [1.807, 2.05) is 44.0 Å². The Kier molecular flexibility index (Phi) is 7.68. The van der Waals surface area contributed by atoms with Gasteiger partial charge >= 0.3 is 0 Å². The lowest BCUT2D eigenvalue weighted by Crippen LogP contribution is -2.44. The van der Waals surface area contributed by atoms with E-state index in [4.69, 9.17) is 4.74 Å². The smallest absolute Gasteiger partial charge is 0.241 e. The third-order valence-electron chi connectivity index (χ3n) is 4.07. The second kappa shape index (κ2) is 9.01. The molecule has 0 aromatic heterocycles. The highest BCUT2D eigenvalue weighted by Gasteiger charge is 2.22. The van der Waals surface area contributed by atoms with E-state index < -0.39 is 6.10 Å². The predicted molar refractivity (Wildman–Crippen MR) is 93.9 cm³/mol. The number of anilines is 1. The van der Waals surface area contributed by atoms with Gasteiger partial charge in [-0.05, 0) is 37.9 Å². The van der Waals surface area contributed by atoms with Crippen LogP contribution < -0.4 is 5.32 Å². The van der Waals surface area contributed by atoms with Gasteiger partial charge < -0.3 is 15.2 Å². The Bertz CT molecular complexity index is 517. The SMILES string of the molecule is COCC(O)CN(C)C(C)C(=O)Nc1c(C)cccc1C(C)C. The first-order chi connectivity index (χ1) is 10.8. The van der Waals surface area contributed by atoms with Gasteiger partial charge in [-0.2, -0.15) is 0 Å². The molecule has 0 fully saturated rings. The summed E-state index contributed by atoms with van der Waals surface area (Å²) in [6.45, 7) is 8.70. The molecule has 0 saturated heterocycles. The Morgan fingerprint density at radius 3 is 2.57 bits per heavy atom. The quantitative estimate of drug-likeness (QED) is 0.771. The zero-order valence-electron chi connectivity index (χ0n) is 15.1. The number of aryl methyl sites for hydroxylation is 1. The maximum absolute atomic E-state index is 12.6. The Hall–Kier alpha value is -1.43. The predicted octanol–water partition coefficient (Wildman–Crippen LogP) is 2.38. The van der Waals surface area contributed by atoms with Crippen molar-refractivity contribution in [3.8, 4) is 0 Å². The van der Waals surface area contributed by atoms with Crippen molar-refractivity contribution < 1.29 is 14.6 Å². The van der Waals surface area contributed by atoms with E-state index in [-0.39, 0.29) is 18.6 Å². The van der Waals surface area contributed by atoms with Crippen LogP contribution in [0.3, 0.4) is 0 Å². The van der Waals surface area contributed by atoms with Crippen molar-refractivity contribution in [3.63, 3.8) is 0 Å². The number of carbonyl (C=O) groups excluding carboxylic acids is 1. The summed E-state index contributed by atoms with van der Waals surface area (Å²) in [5, 5.41) is 12.9. The Morgan fingerprint density at radius 1 is 1.35 bits per heavy atom. The molecule has 5 nitrogen and oxygen atoms in total. The Balaban J connectivity index is 2.79. The van der Waals surface area contributed by atoms with Crippen molar-refractivity contribution in [1.29, 1.82) is 0 Å². The van der Waals surface area contributed by atoms with E-state index in [1.54, 1.807) is 7.11 Å². The Labute approximate surface area is 139 Å². The first-order valence-electron chi connectivity index (χ1n) is 8.05. The number of nitrogens with one attached hydrogen (secondary N) is 1. The van der Waals surface area contributed by atoms with Gasteiger partial charge in [0.15, 0.2) is 0 Å². The van der Waals surface area contributed by atoms with Gasteiger partial charge in [0.2, 0.25) is 5.91 Å². The fourth-order valence-corrected chi connectivity index (χ4v) is 2.51. The number of amides is 1. The molecule has 1 aromatic rings. The van der Waals surface area contributed by atoms with Crippen molar-refractivity contribution in [2.75, 3.05) is 32.6 Å². The molecule has 1 amide bonds. The second-order valence-electron chi connectivity index (χ2n) is 6.41. The third kappa shape index (κ3) is 5.61. The fraction of sp³-hybridized carbons (Fsp3) is 0.611. The van der Waals surface area contributed by atoms with Crippen LogP contribution in [0.1, 0.15) is 37.8 Å². The number of hydrogen-bond donors (Lipinski definition) is 2. The summed E-state index contributed by atoms with van der Waals surface area (Å²) in [6.07, 6.45) is -0.607. The number of carbonyl (C=O) groups is 1. The number of aliphatic hydroxyl groups excluding tert-OH is 1. The van der Waals surface area contributed by atoms with Crippen LogP contribution in [0.5, 0.6) is 0 Å². The molecule has 0 aliphatic heterocycles. The van der Waals surface area contributed by atoms with E-state index in [0.29, 0.717) is 12.5 Å². The third-order valence-corrected chi connectivity index (χ3v) is 4.07. The van der Waals surface area contributed by atoms with E-state index >= 15 is 0 Å². The molecule has 1 aromatic carbocycles. The van der Waals surface area contributed by atoms with Crippen molar-refractivity contribution in [1.82, 2.24) is 4.90 Å². The second-order valence-corrected chi connectivity index (χ2v) is 6.41. The minimum absolute atomic E-state index is 0.0756. The lowest BCUT2D eigenvalue weighted by Gasteiger charge is -2.27. The largest absolute Gasteiger partial charge is 0.389 e. The lowest BCUT2D eigenvalue weighted by atomic mass is 9.98. The summed E-state index contributed by atoms with van der Waals surface area (Å²) in [5.74, 6) is 0.259. The van der Waals surface area contributed by atoms with Crippen LogP contribution in [0.2, 0.25) is 0 Å². The monoisotopic (exact) mass is 322 g/mol. The van der Waals surface area contributed by atoms with Crippen LogP contribution in [0.25, 0.3) is 0 Å². The number of ether oxygens (including phenoxy) is 1. The van der Waals surface area contributed by atoms with Gasteiger partial charge in [-0.1, -0.05) is 32.0 Å². The summed E-state index contributed by atoms with van der Waals surface area (Å²) in [7, 11) is 3.37. The molecule has 5 heteroatoms. The van der Waals surface area contributed by atoms with Crippen LogP contribution in [-0.4, -0.2) is 55.4 Å². The zero-order chi connectivity index (χ0) is 17.6. The molecule has 0 bridgehead atoms. The number of nitrogens with zero attached hydrogens (tertiary/aromatic N) is 1. The van der Waals surface area contributed by atoms with Crippen molar-refractivity contribution in [3.05, 3.63) is 29.3 Å². The first kappa shape index (κ1) is 19.6. The lowest BCUT2D eigenvalue weighted by molar-refractivity contribution is -0.120. The van der Waals surface area contributed by atoms with Crippen molar-refractivity contribution in [2.45, 2.75) is 45.8 Å². The summed E-state index contributed by atoms with van der Waals surface area (Å²) in [5.41, 5.74) is 3.08. The average molecular weight is 322 g/mol. The molecule has 0 radical (unpaired) electrons. The molecule has 2 N–H and O–H groups in total. The minimum atomic E-state index is -0.607. The van der Waals surface area contributed by atoms with Crippen LogP contribution in [0.4, 0.5) is 5.69 Å². The summed E-state index contributed by atoms with van der Waals surface area (Å²) >= 11 is 0. The highest BCUT2D eigenvalue weighted by molar-refractivity contribution is 5.96. The summed E-state index contributed by atoms with van der Waals surface area (Å²) in [4.78, 5) is 14.4. The number of benzene rings is 1. The topological polar surface area (TPSA) is 61.8 Å². The van der Waals surface area contributed by atoms with Gasteiger partial charge in [-0.15, -0.1) is 0 Å². The van der Waals surface area contributed by atoms with Crippen molar-refractivity contribution >= 4 is 11.6 Å². The first-order valence-corrected chi connectivity index (χ1v) is 8.05. The highest BCUT2D eigenvalue weighted by Crippen LogP contribution is 2.27. The van der Waals surface area contributed by atoms with Gasteiger partial charge in [0.1, 0.15) is 0 Å². The normalized spacial score (nSPS) is 14.1. The molecule has 0 spiro atoms.